The highest BCUT2D eigenvalue weighted by atomic mass is 35.5. The molecule has 1 fully saturated rings. The highest BCUT2D eigenvalue weighted by Crippen LogP contribution is 2.26. The summed E-state index contributed by atoms with van der Waals surface area (Å²) in [4.78, 5) is 10.5. The number of anilines is 1. The smallest absolute Gasteiger partial charge is 0.255 e. The summed E-state index contributed by atoms with van der Waals surface area (Å²) in [6.45, 7) is 6.35. The lowest BCUT2D eigenvalue weighted by molar-refractivity contribution is 0.0527. The predicted octanol–water partition coefficient (Wildman–Crippen LogP) is 1.31. The van der Waals surface area contributed by atoms with Gasteiger partial charge in [-0.2, -0.15) is 19.6 Å². The Kier molecular flexibility index (Phi) is 2.83. The van der Waals surface area contributed by atoms with Gasteiger partial charge >= 0.3 is 0 Å². The maximum atomic E-state index is 6.16. The van der Waals surface area contributed by atoms with Crippen LogP contribution in [0.5, 0.6) is 0 Å². The first kappa shape index (κ1) is 11.7. The molecule has 0 amide bonds. The lowest BCUT2D eigenvalue weighted by Crippen LogP contribution is -2.42. The highest BCUT2D eigenvalue weighted by molar-refractivity contribution is 6.30. The molecule has 3 heterocycles. The number of hydrogen-bond acceptors (Lipinski definition) is 5. The van der Waals surface area contributed by atoms with E-state index in [-0.39, 0.29) is 6.10 Å². The number of ether oxygens (including phenoxy) is 1. The Morgan fingerprint density at radius 1 is 1.50 bits per heavy atom. The first-order chi connectivity index (χ1) is 8.66. The molecule has 7 heteroatoms. The van der Waals surface area contributed by atoms with Gasteiger partial charge in [-0.25, -0.2) is 0 Å². The van der Waals surface area contributed by atoms with Crippen molar-refractivity contribution in [2.45, 2.75) is 20.0 Å². The van der Waals surface area contributed by atoms with Crippen molar-refractivity contribution < 1.29 is 4.74 Å². The van der Waals surface area contributed by atoms with Crippen LogP contribution in [0.3, 0.4) is 0 Å². The molecule has 0 bridgehead atoms. The van der Waals surface area contributed by atoms with Crippen molar-refractivity contribution in [1.29, 1.82) is 0 Å². The Balaban J connectivity index is 2.14. The van der Waals surface area contributed by atoms with Crippen LogP contribution in [0, 0.1) is 6.92 Å². The summed E-state index contributed by atoms with van der Waals surface area (Å²) in [6.07, 6.45) is 1.69. The number of rotatable bonds is 1. The number of halogens is 1. The minimum Gasteiger partial charge on any atom is -0.375 e. The van der Waals surface area contributed by atoms with Gasteiger partial charge in [-0.3, -0.25) is 0 Å². The number of nitrogens with zero attached hydrogens (tertiary/aromatic N) is 5. The highest BCUT2D eigenvalue weighted by Gasteiger charge is 2.23. The summed E-state index contributed by atoms with van der Waals surface area (Å²) in [7, 11) is 0. The molecule has 6 nitrogen and oxygen atoms in total. The zero-order valence-electron chi connectivity index (χ0n) is 10.3. The van der Waals surface area contributed by atoms with E-state index in [1.807, 2.05) is 6.92 Å². The molecule has 1 saturated heterocycles. The van der Waals surface area contributed by atoms with Gasteiger partial charge in [0, 0.05) is 18.7 Å². The Morgan fingerprint density at radius 2 is 2.33 bits per heavy atom. The van der Waals surface area contributed by atoms with E-state index < -0.39 is 0 Å². The monoisotopic (exact) mass is 267 g/mol. The minimum absolute atomic E-state index is 0.198. The molecule has 1 unspecified atom stereocenters. The van der Waals surface area contributed by atoms with Gasteiger partial charge in [-0.1, -0.05) is 11.6 Å². The zero-order valence-corrected chi connectivity index (χ0v) is 11.1. The first-order valence-electron chi connectivity index (χ1n) is 5.89. The molecule has 0 radical (unpaired) electrons. The van der Waals surface area contributed by atoms with E-state index >= 15 is 0 Å². The summed E-state index contributed by atoms with van der Waals surface area (Å²) in [5.74, 6) is 1.48. The molecule has 0 spiro atoms. The summed E-state index contributed by atoms with van der Waals surface area (Å²) in [5, 5.41) is 4.70. The molecule has 1 aliphatic rings. The molecule has 1 atom stereocenters. The van der Waals surface area contributed by atoms with Crippen molar-refractivity contribution in [3.8, 4) is 0 Å². The van der Waals surface area contributed by atoms with Crippen LogP contribution in [0.1, 0.15) is 12.5 Å². The van der Waals surface area contributed by atoms with Crippen LogP contribution in [-0.4, -0.2) is 45.4 Å². The van der Waals surface area contributed by atoms with Crippen molar-refractivity contribution in [1.82, 2.24) is 19.6 Å². The molecule has 0 aromatic carbocycles. The SMILES string of the molecule is Cc1c(Cl)nc2ncnn2c1N1CCOC(C)C1. The molecule has 0 N–H and O–H groups in total. The fourth-order valence-corrected chi connectivity index (χ4v) is 2.43. The molecule has 1 aliphatic heterocycles. The minimum atomic E-state index is 0.198. The van der Waals surface area contributed by atoms with Gasteiger partial charge in [0.25, 0.3) is 5.78 Å². The van der Waals surface area contributed by atoms with Crippen molar-refractivity contribution >= 4 is 23.2 Å². The van der Waals surface area contributed by atoms with Gasteiger partial charge in [0.1, 0.15) is 17.3 Å². The number of hydrogen-bond donors (Lipinski definition) is 0. The third kappa shape index (κ3) is 1.81. The second-order valence-electron chi connectivity index (χ2n) is 4.45. The Morgan fingerprint density at radius 3 is 3.11 bits per heavy atom. The Labute approximate surface area is 110 Å². The topological polar surface area (TPSA) is 55.5 Å². The molecule has 18 heavy (non-hydrogen) atoms. The van der Waals surface area contributed by atoms with Crippen LogP contribution in [0.25, 0.3) is 5.78 Å². The van der Waals surface area contributed by atoms with E-state index in [1.165, 1.54) is 6.33 Å². The maximum Gasteiger partial charge on any atom is 0.255 e. The van der Waals surface area contributed by atoms with Crippen molar-refractivity contribution in [2.75, 3.05) is 24.6 Å². The molecule has 0 saturated carbocycles. The van der Waals surface area contributed by atoms with E-state index in [0.717, 1.165) is 24.5 Å². The molecular formula is C11H14ClN5O. The summed E-state index contributed by atoms with van der Waals surface area (Å²) in [6, 6.07) is 0. The zero-order chi connectivity index (χ0) is 12.7. The molecule has 96 valence electrons. The van der Waals surface area contributed by atoms with Crippen LogP contribution >= 0.6 is 11.6 Å². The third-order valence-corrected chi connectivity index (χ3v) is 3.48. The fourth-order valence-electron chi connectivity index (χ4n) is 2.27. The lowest BCUT2D eigenvalue weighted by atomic mass is 10.2. The lowest BCUT2D eigenvalue weighted by Gasteiger charge is -2.33. The number of morpholine rings is 1. The second kappa shape index (κ2) is 4.37. The van der Waals surface area contributed by atoms with E-state index in [9.17, 15) is 0 Å². The van der Waals surface area contributed by atoms with E-state index in [0.29, 0.717) is 17.5 Å². The maximum absolute atomic E-state index is 6.16. The first-order valence-corrected chi connectivity index (χ1v) is 6.27. The number of fused-ring (bicyclic) bond motifs is 1. The quantitative estimate of drug-likeness (QED) is 0.729. The van der Waals surface area contributed by atoms with E-state index in [1.54, 1.807) is 4.52 Å². The average molecular weight is 268 g/mol. The van der Waals surface area contributed by atoms with Gasteiger partial charge in [0.2, 0.25) is 0 Å². The normalized spacial score (nSPS) is 20.6. The van der Waals surface area contributed by atoms with Crippen molar-refractivity contribution in [3.63, 3.8) is 0 Å². The average Bonchev–Trinajstić information content (AvgIpc) is 2.78. The van der Waals surface area contributed by atoms with Crippen LogP contribution in [0.2, 0.25) is 5.15 Å². The van der Waals surface area contributed by atoms with E-state index in [2.05, 4.69) is 26.9 Å². The van der Waals surface area contributed by atoms with Crippen molar-refractivity contribution in [3.05, 3.63) is 17.0 Å². The van der Waals surface area contributed by atoms with Gasteiger partial charge in [0.05, 0.1) is 12.7 Å². The standard InChI is InChI=1S/C11H14ClN5O/c1-7-5-16(3-4-18-7)10-8(2)9(12)15-11-13-6-14-17(10)11/h6-7H,3-5H2,1-2H3. The van der Waals surface area contributed by atoms with Crippen LogP contribution < -0.4 is 4.90 Å². The molecule has 2 aromatic rings. The fraction of sp³-hybridized carbons (Fsp3) is 0.545. The van der Waals surface area contributed by atoms with Crippen LogP contribution in [-0.2, 0) is 4.74 Å². The molecular weight excluding hydrogens is 254 g/mol. The summed E-state index contributed by atoms with van der Waals surface area (Å²) >= 11 is 6.16. The Hall–Kier alpha value is -1.40. The number of aromatic nitrogens is 4. The molecule has 2 aromatic heterocycles. The third-order valence-electron chi connectivity index (χ3n) is 3.11. The van der Waals surface area contributed by atoms with Gasteiger partial charge < -0.3 is 9.64 Å². The van der Waals surface area contributed by atoms with Crippen LogP contribution in [0.15, 0.2) is 6.33 Å². The molecule has 0 aliphatic carbocycles. The van der Waals surface area contributed by atoms with E-state index in [4.69, 9.17) is 16.3 Å². The van der Waals surface area contributed by atoms with Gasteiger partial charge in [-0.15, -0.1) is 0 Å². The molecule has 3 rings (SSSR count). The second-order valence-corrected chi connectivity index (χ2v) is 4.81. The van der Waals surface area contributed by atoms with Gasteiger partial charge in [0.15, 0.2) is 0 Å². The summed E-state index contributed by atoms with van der Waals surface area (Å²) < 4.78 is 7.29. The van der Waals surface area contributed by atoms with Gasteiger partial charge in [-0.05, 0) is 13.8 Å². The predicted molar refractivity (Wildman–Crippen MR) is 68.2 cm³/mol. The Bertz CT molecular complexity index is 584. The van der Waals surface area contributed by atoms with Crippen LogP contribution in [0.4, 0.5) is 5.82 Å². The van der Waals surface area contributed by atoms with Crippen molar-refractivity contribution in [2.24, 2.45) is 0 Å². The summed E-state index contributed by atoms with van der Waals surface area (Å²) in [5.41, 5.74) is 0.920. The largest absolute Gasteiger partial charge is 0.375 e.